The molecule has 2 aromatic carbocycles. The van der Waals surface area contributed by atoms with Gasteiger partial charge in [-0.2, -0.15) is 0 Å². The van der Waals surface area contributed by atoms with Crippen LogP contribution in [0.2, 0.25) is 0 Å². The van der Waals surface area contributed by atoms with E-state index in [0.717, 1.165) is 33.4 Å². The Labute approximate surface area is 180 Å². The summed E-state index contributed by atoms with van der Waals surface area (Å²) in [6.07, 6.45) is 1.66. The maximum Gasteiger partial charge on any atom is 0.248 e. The number of pyridine rings is 1. The number of hydrogen-bond acceptors (Lipinski definition) is 6. The van der Waals surface area contributed by atoms with Gasteiger partial charge in [0.2, 0.25) is 5.56 Å². The highest BCUT2D eigenvalue weighted by Crippen LogP contribution is 2.35. The molecule has 0 radical (unpaired) electrons. The van der Waals surface area contributed by atoms with E-state index in [-0.39, 0.29) is 11.6 Å². The van der Waals surface area contributed by atoms with Crippen molar-refractivity contribution in [3.8, 4) is 22.6 Å². The first-order valence-corrected chi connectivity index (χ1v) is 9.94. The molecule has 0 saturated carbocycles. The lowest BCUT2D eigenvalue weighted by Gasteiger charge is -2.18. The van der Waals surface area contributed by atoms with E-state index in [1.165, 1.54) is 0 Å². The third-order valence-corrected chi connectivity index (χ3v) is 5.16. The van der Waals surface area contributed by atoms with Crippen LogP contribution in [0.5, 0.6) is 11.5 Å². The quantitative estimate of drug-likeness (QED) is 0.482. The van der Waals surface area contributed by atoms with Crippen LogP contribution in [0.1, 0.15) is 24.4 Å². The van der Waals surface area contributed by atoms with E-state index in [2.05, 4.69) is 33.3 Å². The topological polar surface area (TPSA) is 89.1 Å². The second kappa shape index (κ2) is 8.47. The minimum Gasteiger partial charge on any atom is -0.493 e. The normalized spacial score (nSPS) is 11.9. The van der Waals surface area contributed by atoms with Crippen LogP contribution in [0.3, 0.4) is 0 Å². The molecule has 0 aliphatic heterocycles. The molecule has 0 amide bonds. The first kappa shape index (κ1) is 20.4. The second-order valence-corrected chi connectivity index (χ2v) is 7.28. The molecule has 4 rings (SSSR count). The maximum atomic E-state index is 11.7. The highest BCUT2D eigenvalue weighted by atomic mass is 16.5. The number of benzene rings is 2. The molecule has 31 heavy (non-hydrogen) atoms. The molecule has 0 saturated heterocycles. The van der Waals surface area contributed by atoms with Gasteiger partial charge in [-0.15, -0.1) is 0 Å². The summed E-state index contributed by atoms with van der Waals surface area (Å²) in [6, 6.07) is 15.3. The average Bonchev–Trinajstić information content (AvgIpc) is 2.78. The Kier molecular flexibility index (Phi) is 5.58. The van der Waals surface area contributed by atoms with E-state index >= 15 is 0 Å². The van der Waals surface area contributed by atoms with Gasteiger partial charge < -0.3 is 19.8 Å². The summed E-state index contributed by atoms with van der Waals surface area (Å²) in [5.74, 6) is 2.62. The molecule has 0 aliphatic rings. The summed E-state index contributed by atoms with van der Waals surface area (Å²) in [5, 5.41) is 4.35. The van der Waals surface area contributed by atoms with Gasteiger partial charge in [0.15, 0.2) is 11.5 Å². The zero-order chi connectivity index (χ0) is 22.0. The first-order valence-electron chi connectivity index (χ1n) is 9.94. The van der Waals surface area contributed by atoms with Crippen molar-refractivity contribution in [3.05, 3.63) is 76.5 Å². The zero-order valence-corrected chi connectivity index (χ0v) is 17.9. The summed E-state index contributed by atoms with van der Waals surface area (Å²) < 4.78 is 10.9. The lowest BCUT2D eigenvalue weighted by atomic mass is 10.0. The number of H-pyrrole nitrogens is 1. The van der Waals surface area contributed by atoms with E-state index in [9.17, 15) is 4.79 Å². The Bertz CT molecular complexity index is 1300. The number of aryl methyl sites for hydroxylation is 1. The second-order valence-electron chi connectivity index (χ2n) is 7.28. The molecule has 0 bridgehead atoms. The van der Waals surface area contributed by atoms with Crippen LogP contribution >= 0.6 is 0 Å². The predicted molar refractivity (Wildman–Crippen MR) is 122 cm³/mol. The number of aromatic nitrogens is 3. The molecule has 0 aliphatic carbocycles. The minimum atomic E-state index is -0.124. The van der Waals surface area contributed by atoms with Crippen LogP contribution in [0.25, 0.3) is 22.0 Å². The van der Waals surface area contributed by atoms with Gasteiger partial charge in [0, 0.05) is 29.8 Å². The molecule has 7 nitrogen and oxygen atoms in total. The fraction of sp³-hybridized carbons (Fsp3) is 0.208. The number of ether oxygens (including phenoxy) is 2. The highest BCUT2D eigenvalue weighted by Gasteiger charge is 2.15. The molecule has 4 aromatic rings. The van der Waals surface area contributed by atoms with Crippen molar-refractivity contribution in [2.75, 3.05) is 19.5 Å². The van der Waals surface area contributed by atoms with Crippen molar-refractivity contribution in [2.45, 2.75) is 19.9 Å². The molecule has 7 heteroatoms. The molecular weight excluding hydrogens is 392 g/mol. The highest BCUT2D eigenvalue weighted by molar-refractivity contribution is 5.92. The van der Waals surface area contributed by atoms with E-state index < -0.39 is 0 Å². The predicted octanol–water partition coefficient (Wildman–Crippen LogP) is 4.48. The van der Waals surface area contributed by atoms with Gasteiger partial charge in [0.25, 0.3) is 0 Å². The molecule has 0 fully saturated rings. The smallest absolute Gasteiger partial charge is 0.248 e. The summed E-state index contributed by atoms with van der Waals surface area (Å²) in [6.45, 7) is 3.93. The summed E-state index contributed by atoms with van der Waals surface area (Å²) in [4.78, 5) is 23.5. The van der Waals surface area contributed by atoms with Crippen molar-refractivity contribution in [3.63, 3.8) is 0 Å². The molecule has 2 N–H and O–H groups in total. The van der Waals surface area contributed by atoms with Gasteiger partial charge in [0.05, 0.1) is 19.7 Å². The van der Waals surface area contributed by atoms with E-state index in [1.807, 2.05) is 43.3 Å². The molecule has 0 spiro atoms. The molecule has 158 valence electrons. The summed E-state index contributed by atoms with van der Waals surface area (Å²) in [5.41, 5.74) is 3.58. The number of anilines is 1. The first-order chi connectivity index (χ1) is 15.0. The number of nitrogens with zero attached hydrogens (tertiary/aromatic N) is 2. The number of methoxy groups -OCH3 is 2. The average molecular weight is 416 g/mol. The molecule has 1 unspecified atom stereocenters. The van der Waals surface area contributed by atoms with Crippen molar-refractivity contribution >= 4 is 16.7 Å². The van der Waals surface area contributed by atoms with Crippen molar-refractivity contribution < 1.29 is 9.47 Å². The van der Waals surface area contributed by atoms with E-state index in [0.29, 0.717) is 17.3 Å². The number of aromatic amines is 1. The van der Waals surface area contributed by atoms with Gasteiger partial charge in [-0.1, -0.05) is 18.2 Å². The van der Waals surface area contributed by atoms with Gasteiger partial charge in [-0.25, -0.2) is 9.97 Å². The zero-order valence-electron chi connectivity index (χ0n) is 17.9. The minimum absolute atomic E-state index is 0.0347. The molecule has 2 heterocycles. The Morgan fingerprint density at radius 2 is 1.71 bits per heavy atom. The van der Waals surface area contributed by atoms with Crippen molar-refractivity contribution in [1.29, 1.82) is 0 Å². The van der Waals surface area contributed by atoms with Crippen LogP contribution in [0.15, 0.2) is 59.5 Å². The Hall–Kier alpha value is -3.87. The lowest BCUT2D eigenvalue weighted by molar-refractivity contribution is 0.356. The maximum absolute atomic E-state index is 11.7. The lowest BCUT2D eigenvalue weighted by Crippen LogP contribution is -2.10. The summed E-state index contributed by atoms with van der Waals surface area (Å²) >= 11 is 0. The number of rotatable bonds is 6. The van der Waals surface area contributed by atoms with Crippen LogP contribution < -0.4 is 20.3 Å². The Balaban J connectivity index is 1.71. The third kappa shape index (κ3) is 4.21. The number of fused-ring (bicyclic) bond motifs is 1. The standard InChI is InChI=1S/C24H24N4O3/c1-14(16-6-5-7-17(10-16)18-8-9-25-23(29)11-18)26-24-19-12-21(30-3)22(31-4)13-20(19)27-15(2)28-24/h5-14H,1-4H3,(H,25,29)(H,26,27,28). The van der Waals surface area contributed by atoms with Gasteiger partial charge in [0.1, 0.15) is 11.6 Å². The van der Waals surface area contributed by atoms with Gasteiger partial charge in [-0.3, -0.25) is 4.79 Å². The summed E-state index contributed by atoms with van der Waals surface area (Å²) in [7, 11) is 3.21. The fourth-order valence-electron chi connectivity index (χ4n) is 3.58. The van der Waals surface area contributed by atoms with E-state index in [1.54, 1.807) is 26.5 Å². The van der Waals surface area contributed by atoms with Gasteiger partial charge >= 0.3 is 0 Å². The van der Waals surface area contributed by atoms with Crippen molar-refractivity contribution in [1.82, 2.24) is 15.0 Å². The van der Waals surface area contributed by atoms with Crippen LogP contribution in [0, 0.1) is 6.92 Å². The van der Waals surface area contributed by atoms with Crippen LogP contribution in [-0.2, 0) is 0 Å². The molecule has 2 aromatic heterocycles. The third-order valence-electron chi connectivity index (χ3n) is 5.16. The van der Waals surface area contributed by atoms with Crippen LogP contribution in [-0.4, -0.2) is 29.2 Å². The Morgan fingerprint density at radius 3 is 2.45 bits per heavy atom. The number of hydrogen-bond donors (Lipinski definition) is 2. The van der Waals surface area contributed by atoms with Crippen LogP contribution in [0.4, 0.5) is 5.82 Å². The van der Waals surface area contributed by atoms with E-state index in [4.69, 9.17) is 9.47 Å². The SMILES string of the molecule is COc1cc2nc(C)nc(NC(C)c3cccc(-c4cc[nH]c(=O)c4)c3)c2cc1OC. The molecular formula is C24H24N4O3. The molecule has 1 atom stereocenters. The monoisotopic (exact) mass is 416 g/mol. The van der Waals surface area contributed by atoms with Gasteiger partial charge in [-0.05, 0) is 48.7 Å². The fourth-order valence-corrected chi connectivity index (χ4v) is 3.58. The Morgan fingerprint density at radius 1 is 0.968 bits per heavy atom. The van der Waals surface area contributed by atoms with Crippen molar-refractivity contribution in [2.24, 2.45) is 0 Å². The largest absolute Gasteiger partial charge is 0.493 e. The number of nitrogens with one attached hydrogen (secondary N) is 2.